The first kappa shape index (κ1) is 15.4. The fourth-order valence-corrected chi connectivity index (χ4v) is 1.37. The summed E-state index contributed by atoms with van der Waals surface area (Å²) in [5.74, 6) is -1.40. The monoisotopic (exact) mass is 266 g/mol. The second kappa shape index (κ2) is 7.09. The number of hydrogen-bond acceptors (Lipinski definition) is 4. The Morgan fingerprint density at radius 2 is 1.32 bits per heavy atom. The SMILES string of the molecule is O=C(OC(=O)c1ccc(O)cc1)c1ccccc1.[H-].[Na+]. The van der Waals surface area contributed by atoms with Gasteiger partial charge in [0, 0.05) is 0 Å². The van der Waals surface area contributed by atoms with E-state index < -0.39 is 11.9 Å². The van der Waals surface area contributed by atoms with Gasteiger partial charge in [-0.25, -0.2) is 9.59 Å². The normalized spacial score (nSPS) is 9.26. The van der Waals surface area contributed by atoms with Gasteiger partial charge in [-0.15, -0.1) is 0 Å². The third kappa shape index (κ3) is 4.21. The van der Waals surface area contributed by atoms with Crippen molar-refractivity contribution in [1.29, 1.82) is 0 Å². The molecule has 0 spiro atoms. The minimum atomic E-state index is -0.746. The molecule has 19 heavy (non-hydrogen) atoms. The average Bonchev–Trinajstić information content (AvgIpc) is 2.40. The van der Waals surface area contributed by atoms with Gasteiger partial charge in [-0.05, 0) is 36.4 Å². The minimum Gasteiger partial charge on any atom is -1.00 e. The predicted molar refractivity (Wildman–Crippen MR) is 65.4 cm³/mol. The van der Waals surface area contributed by atoms with Crippen LogP contribution < -0.4 is 29.6 Å². The number of aromatic hydroxyl groups is 1. The fourth-order valence-electron chi connectivity index (χ4n) is 1.37. The molecule has 0 saturated carbocycles. The second-order valence-electron chi connectivity index (χ2n) is 3.59. The molecule has 2 rings (SSSR count). The maximum absolute atomic E-state index is 11.6. The fraction of sp³-hybridized carbons (Fsp3) is 0. The van der Waals surface area contributed by atoms with Crippen LogP contribution in [0.3, 0.4) is 0 Å². The summed E-state index contributed by atoms with van der Waals surface area (Å²) in [4.78, 5) is 23.2. The van der Waals surface area contributed by atoms with Crippen LogP contribution in [0.5, 0.6) is 5.75 Å². The van der Waals surface area contributed by atoms with Crippen LogP contribution in [0.1, 0.15) is 22.1 Å². The van der Waals surface area contributed by atoms with Crippen LogP contribution in [0, 0.1) is 0 Å². The maximum atomic E-state index is 11.6. The molecule has 0 aliphatic heterocycles. The van der Waals surface area contributed by atoms with Crippen LogP contribution in [0.2, 0.25) is 0 Å². The molecular formula is C14H11NaO4. The molecule has 1 N–H and O–H groups in total. The van der Waals surface area contributed by atoms with Crippen molar-refractivity contribution in [3.05, 3.63) is 65.7 Å². The van der Waals surface area contributed by atoms with Gasteiger partial charge in [-0.2, -0.15) is 0 Å². The van der Waals surface area contributed by atoms with Crippen LogP contribution in [0.15, 0.2) is 54.6 Å². The zero-order chi connectivity index (χ0) is 13.0. The molecular weight excluding hydrogens is 255 g/mol. The van der Waals surface area contributed by atoms with E-state index in [0.29, 0.717) is 5.56 Å². The van der Waals surface area contributed by atoms with Gasteiger partial charge in [0.25, 0.3) is 0 Å². The van der Waals surface area contributed by atoms with E-state index in [-0.39, 0.29) is 42.3 Å². The Labute approximate surface area is 133 Å². The molecule has 0 heterocycles. The van der Waals surface area contributed by atoms with Crippen LogP contribution in [-0.2, 0) is 4.74 Å². The van der Waals surface area contributed by atoms with E-state index in [1.807, 2.05) is 0 Å². The van der Waals surface area contributed by atoms with E-state index in [9.17, 15) is 9.59 Å². The summed E-state index contributed by atoms with van der Waals surface area (Å²) in [5.41, 5.74) is 0.515. The molecule has 0 fully saturated rings. The van der Waals surface area contributed by atoms with Crippen LogP contribution in [-0.4, -0.2) is 17.0 Å². The number of phenols is 1. The van der Waals surface area contributed by atoms with Crippen molar-refractivity contribution in [3.8, 4) is 5.75 Å². The van der Waals surface area contributed by atoms with Gasteiger partial charge in [0.2, 0.25) is 0 Å². The molecule has 2 aromatic carbocycles. The number of rotatable bonds is 2. The topological polar surface area (TPSA) is 63.6 Å². The maximum Gasteiger partial charge on any atom is 1.00 e. The largest absolute Gasteiger partial charge is 1.00 e. The summed E-state index contributed by atoms with van der Waals surface area (Å²) >= 11 is 0. The molecule has 92 valence electrons. The summed E-state index contributed by atoms with van der Waals surface area (Å²) in [5, 5.41) is 9.08. The number of carbonyl (C=O) groups excluding carboxylic acids is 2. The van der Waals surface area contributed by atoms with Gasteiger partial charge >= 0.3 is 41.5 Å². The molecule has 4 nitrogen and oxygen atoms in total. The predicted octanol–water partition coefficient (Wildman–Crippen LogP) is -0.494. The Balaban J connectivity index is 0.00000180. The van der Waals surface area contributed by atoms with Gasteiger partial charge in [0.15, 0.2) is 0 Å². The Hall–Kier alpha value is -1.62. The summed E-state index contributed by atoms with van der Waals surface area (Å²) in [6, 6.07) is 13.7. The molecule has 0 radical (unpaired) electrons. The first-order chi connectivity index (χ1) is 8.66. The third-order valence-corrected chi connectivity index (χ3v) is 2.30. The van der Waals surface area contributed by atoms with Gasteiger partial charge in [0.05, 0.1) is 11.1 Å². The Bertz CT molecular complexity index is 569. The number of phenolic OH excluding ortho intramolecular Hbond substituents is 1. The third-order valence-electron chi connectivity index (χ3n) is 2.30. The van der Waals surface area contributed by atoms with Crippen molar-refractivity contribution in [2.75, 3.05) is 0 Å². The summed E-state index contributed by atoms with van der Waals surface area (Å²) < 4.78 is 4.70. The van der Waals surface area contributed by atoms with Crippen molar-refractivity contribution < 1.29 is 50.4 Å². The number of ether oxygens (including phenoxy) is 1. The van der Waals surface area contributed by atoms with Crippen molar-refractivity contribution in [2.45, 2.75) is 0 Å². The Morgan fingerprint density at radius 3 is 1.84 bits per heavy atom. The molecule has 0 bridgehead atoms. The number of carbonyl (C=O) groups is 2. The standard InChI is InChI=1S/C14H10O4.Na.H/c15-12-8-6-11(7-9-12)14(17)18-13(16)10-4-2-1-3-5-10;;/h1-9,15H;;/q;+1;-1. The van der Waals surface area contributed by atoms with E-state index in [4.69, 9.17) is 9.84 Å². The zero-order valence-corrected chi connectivity index (χ0v) is 12.4. The second-order valence-corrected chi connectivity index (χ2v) is 3.59. The van der Waals surface area contributed by atoms with Crippen molar-refractivity contribution in [1.82, 2.24) is 0 Å². The Kier molecular flexibility index (Phi) is 5.76. The van der Waals surface area contributed by atoms with Crippen molar-refractivity contribution >= 4 is 11.9 Å². The van der Waals surface area contributed by atoms with Crippen molar-refractivity contribution in [3.63, 3.8) is 0 Å². The number of hydrogen-bond donors (Lipinski definition) is 1. The molecule has 0 aliphatic rings. The zero-order valence-electron chi connectivity index (χ0n) is 11.4. The molecule has 0 saturated heterocycles. The van der Waals surface area contributed by atoms with E-state index in [1.165, 1.54) is 24.3 Å². The van der Waals surface area contributed by atoms with E-state index in [2.05, 4.69) is 0 Å². The van der Waals surface area contributed by atoms with E-state index in [1.54, 1.807) is 30.3 Å². The molecule has 2 aromatic rings. The number of benzene rings is 2. The van der Waals surface area contributed by atoms with Crippen molar-refractivity contribution in [2.24, 2.45) is 0 Å². The molecule has 0 aliphatic carbocycles. The van der Waals surface area contributed by atoms with Crippen LogP contribution in [0.25, 0.3) is 0 Å². The summed E-state index contributed by atoms with van der Waals surface area (Å²) in [7, 11) is 0. The molecule has 0 amide bonds. The van der Waals surface area contributed by atoms with E-state index >= 15 is 0 Å². The molecule has 0 unspecified atom stereocenters. The Morgan fingerprint density at radius 1 is 0.842 bits per heavy atom. The first-order valence-corrected chi connectivity index (χ1v) is 5.27. The van der Waals surface area contributed by atoms with Crippen LogP contribution >= 0.6 is 0 Å². The van der Waals surface area contributed by atoms with Crippen LogP contribution in [0.4, 0.5) is 0 Å². The quantitative estimate of drug-likeness (QED) is 0.452. The molecule has 5 heteroatoms. The smallest absolute Gasteiger partial charge is 1.00 e. The summed E-state index contributed by atoms with van der Waals surface area (Å²) in [6.07, 6.45) is 0. The number of esters is 2. The summed E-state index contributed by atoms with van der Waals surface area (Å²) in [6.45, 7) is 0. The molecule has 0 aromatic heterocycles. The minimum absolute atomic E-state index is 0. The van der Waals surface area contributed by atoms with Gasteiger partial charge in [-0.3, -0.25) is 0 Å². The van der Waals surface area contributed by atoms with Gasteiger partial charge in [-0.1, -0.05) is 18.2 Å². The van der Waals surface area contributed by atoms with E-state index in [0.717, 1.165) is 0 Å². The average molecular weight is 266 g/mol. The van der Waals surface area contributed by atoms with Gasteiger partial charge < -0.3 is 11.3 Å². The van der Waals surface area contributed by atoms with Gasteiger partial charge in [0.1, 0.15) is 5.75 Å². The molecule has 0 atom stereocenters. The first-order valence-electron chi connectivity index (χ1n) is 5.27.